The highest BCUT2D eigenvalue weighted by Crippen LogP contribution is 2.32. The van der Waals surface area contributed by atoms with Gasteiger partial charge in [0.05, 0.1) is 11.8 Å². The molecule has 0 bridgehead atoms. The number of nitrogens with zero attached hydrogens (tertiary/aromatic N) is 1. The van der Waals surface area contributed by atoms with Crippen LogP contribution in [0.5, 0.6) is 5.75 Å². The van der Waals surface area contributed by atoms with Crippen LogP contribution in [0.25, 0.3) is 0 Å². The van der Waals surface area contributed by atoms with Crippen molar-refractivity contribution in [2.45, 2.75) is 65.5 Å². The molecule has 1 aliphatic rings. The lowest BCUT2D eigenvalue weighted by molar-refractivity contribution is 0.0991. The molecule has 2 rings (SSSR count). The zero-order valence-electron chi connectivity index (χ0n) is 13.2. The first-order valence-corrected chi connectivity index (χ1v) is 7.84. The van der Waals surface area contributed by atoms with E-state index in [-0.39, 0.29) is 6.04 Å². The number of hydrogen-bond acceptors (Lipinski definition) is 3. The maximum absolute atomic E-state index is 6.24. The summed E-state index contributed by atoms with van der Waals surface area (Å²) in [5.41, 5.74) is 7.95. The van der Waals surface area contributed by atoms with Crippen molar-refractivity contribution in [1.82, 2.24) is 4.98 Å². The number of aryl methyl sites for hydroxylation is 1. The molecule has 0 spiro atoms. The normalized spacial score (nSPS) is 28.1. The van der Waals surface area contributed by atoms with Crippen molar-refractivity contribution in [3.8, 4) is 5.75 Å². The van der Waals surface area contributed by atoms with E-state index in [1.807, 2.05) is 19.9 Å². The predicted octanol–water partition coefficient (Wildman–Crippen LogP) is 3.48. The van der Waals surface area contributed by atoms with Crippen LogP contribution in [0.1, 0.15) is 51.4 Å². The lowest BCUT2D eigenvalue weighted by atomic mass is 9.80. The van der Waals surface area contributed by atoms with E-state index in [1.165, 1.54) is 6.42 Å². The van der Waals surface area contributed by atoms with Crippen LogP contribution in [0.15, 0.2) is 12.1 Å². The predicted molar refractivity (Wildman–Crippen MR) is 82.9 cm³/mol. The van der Waals surface area contributed by atoms with Gasteiger partial charge in [-0.25, -0.2) is 0 Å². The van der Waals surface area contributed by atoms with Gasteiger partial charge in [0, 0.05) is 18.2 Å². The summed E-state index contributed by atoms with van der Waals surface area (Å²) in [6.07, 6.45) is 4.66. The van der Waals surface area contributed by atoms with Crippen molar-refractivity contribution in [2.75, 3.05) is 0 Å². The van der Waals surface area contributed by atoms with E-state index in [1.54, 1.807) is 0 Å². The first-order valence-electron chi connectivity index (χ1n) is 7.84. The average Bonchev–Trinajstić information content (AvgIpc) is 2.36. The highest BCUT2D eigenvalue weighted by molar-refractivity contribution is 5.30. The highest BCUT2D eigenvalue weighted by Gasteiger charge is 2.26. The van der Waals surface area contributed by atoms with Gasteiger partial charge in [0.15, 0.2) is 0 Å². The zero-order chi connectivity index (χ0) is 14.7. The average molecular weight is 276 g/mol. The molecule has 0 aromatic carbocycles. The molecule has 20 heavy (non-hydrogen) atoms. The van der Waals surface area contributed by atoms with E-state index >= 15 is 0 Å². The van der Waals surface area contributed by atoms with Crippen molar-refractivity contribution in [3.63, 3.8) is 0 Å². The lowest BCUT2D eigenvalue weighted by Crippen LogP contribution is -2.29. The van der Waals surface area contributed by atoms with Crippen molar-refractivity contribution in [3.05, 3.63) is 23.5 Å². The van der Waals surface area contributed by atoms with Crippen molar-refractivity contribution in [2.24, 2.45) is 17.6 Å². The molecule has 1 aromatic rings. The van der Waals surface area contributed by atoms with Gasteiger partial charge in [-0.3, -0.25) is 4.98 Å². The van der Waals surface area contributed by atoms with Gasteiger partial charge in [-0.2, -0.15) is 0 Å². The van der Waals surface area contributed by atoms with E-state index in [2.05, 4.69) is 24.9 Å². The smallest absolute Gasteiger partial charge is 0.141 e. The largest absolute Gasteiger partial charge is 0.489 e. The molecule has 3 heteroatoms. The van der Waals surface area contributed by atoms with Crippen molar-refractivity contribution in [1.29, 1.82) is 0 Å². The standard InChI is InChI=1S/C17H28N2O/c1-11-5-7-15(9-12(11)2)20-17-8-6-14(4)19-16(17)10-13(3)18/h6,8,11-13,15H,5,7,9-10,18H2,1-4H3. The molecular formula is C17H28N2O. The number of ether oxygens (including phenoxy) is 1. The van der Waals surface area contributed by atoms with Crippen molar-refractivity contribution >= 4 is 0 Å². The molecule has 4 unspecified atom stereocenters. The molecule has 2 N–H and O–H groups in total. The second kappa shape index (κ2) is 6.57. The maximum atomic E-state index is 6.24. The summed E-state index contributed by atoms with van der Waals surface area (Å²) in [6, 6.07) is 4.19. The van der Waals surface area contributed by atoms with Gasteiger partial charge in [0.2, 0.25) is 0 Å². The molecule has 0 aliphatic heterocycles. The monoisotopic (exact) mass is 276 g/mol. The van der Waals surface area contributed by atoms with Crippen molar-refractivity contribution < 1.29 is 4.74 Å². The van der Waals surface area contributed by atoms with E-state index < -0.39 is 0 Å². The minimum Gasteiger partial charge on any atom is -0.489 e. The maximum Gasteiger partial charge on any atom is 0.141 e. The molecule has 3 nitrogen and oxygen atoms in total. The molecule has 1 fully saturated rings. The highest BCUT2D eigenvalue weighted by atomic mass is 16.5. The Balaban J connectivity index is 2.08. The number of hydrogen-bond donors (Lipinski definition) is 1. The fraction of sp³-hybridized carbons (Fsp3) is 0.706. The van der Waals surface area contributed by atoms with Gasteiger partial charge >= 0.3 is 0 Å². The topological polar surface area (TPSA) is 48.1 Å². The molecule has 1 aliphatic carbocycles. The SMILES string of the molecule is Cc1ccc(OC2CCC(C)C(C)C2)c(CC(C)N)n1. The number of nitrogens with two attached hydrogens (primary N) is 1. The van der Waals surface area contributed by atoms with Crippen LogP contribution < -0.4 is 10.5 Å². The van der Waals surface area contributed by atoms with E-state index in [4.69, 9.17) is 10.5 Å². The molecule has 1 aromatic heterocycles. The molecule has 1 heterocycles. The molecule has 4 atom stereocenters. The molecular weight excluding hydrogens is 248 g/mol. The number of pyridine rings is 1. The van der Waals surface area contributed by atoms with Gasteiger partial charge in [-0.05, 0) is 57.1 Å². The van der Waals surface area contributed by atoms with Gasteiger partial charge in [-0.15, -0.1) is 0 Å². The van der Waals surface area contributed by atoms with Gasteiger partial charge in [0.25, 0.3) is 0 Å². The fourth-order valence-corrected chi connectivity index (χ4v) is 2.94. The van der Waals surface area contributed by atoms with Crippen LogP contribution >= 0.6 is 0 Å². The second-order valence-corrected chi connectivity index (χ2v) is 6.59. The third-order valence-corrected chi connectivity index (χ3v) is 4.43. The van der Waals surface area contributed by atoms with Crippen LogP contribution in [0.4, 0.5) is 0 Å². The summed E-state index contributed by atoms with van der Waals surface area (Å²) in [4.78, 5) is 4.61. The molecule has 112 valence electrons. The Labute approximate surface area is 122 Å². The first kappa shape index (κ1) is 15.3. The number of rotatable bonds is 4. The minimum atomic E-state index is 0.108. The minimum absolute atomic E-state index is 0.108. The quantitative estimate of drug-likeness (QED) is 0.916. The Morgan fingerprint density at radius 3 is 2.70 bits per heavy atom. The van der Waals surface area contributed by atoms with E-state index in [0.717, 1.165) is 48.2 Å². The molecule has 1 saturated carbocycles. The van der Waals surface area contributed by atoms with Gasteiger partial charge in [0.1, 0.15) is 5.75 Å². The Bertz CT molecular complexity index is 445. The Morgan fingerprint density at radius 2 is 2.05 bits per heavy atom. The van der Waals surface area contributed by atoms with Crippen LogP contribution in [0.2, 0.25) is 0 Å². The summed E-state index contributed by atoms with van der Waals surface area (Å²) in [5, 5.41) is 0. The lowest BCUT2D eigenvalue weighted by Gasteiger charge is -2.32. The Hall–Kier alpha value is -1.09. The molecule has 0 saturated heterocycles. The summed E-state index contributed by atoms with van der Waals surface area (Å²) in [6.45, 7) is 8.70. The summed E-state index contributed by atoms with van der Waals surface area (Å²) in [7, 11) is 0. The summed E-state index contributed by atoms with van der Waals surface area (Å²) in [5.74, 6) is 2.48. The van der Waals surface area contributed by atoms with Gasteiger partial charge in [-0.1, -0.05) is 13.8 Å². The zero-order valence-corrected chi connectivity index (χ0v) is 13.2. The van der Waals surface area contributed by atoms with Crippen LogP contribution in [-0.2, 0) is 6.42 Å². The third-order valence-electron chi connectivity index (χ3n) is 4.43. The number of aromatic nitrogens is 1. The third kappa shape index (κ3) is 3.95. The Kier molecular flexibility index (Phi) is 5.03. The summed E-state index contributed by atoms with van der Waals surface area (Å²) < 4.78 is 6.24. The Morgan fingerprint density at radius 1 is 1.30 bits per heavy atom. The fourth-order valence-electron chi connectivity index (χ4n) is 2.94. The van der Waals surface area contributed by atoms with Crippen LogP contribution in [0, 0.1) is 18.8 Å². The van der Waals surface area contributed by atoms with Crippen LogP contribution in [0.3, 0.4) is 0 Å². The van der Waals surface area contributed by atoms with Crippen LogP contribution in [-0.4, -0.2) is 17.1 Å². The first-order chi connectivity index (χ1) is 9.45. The second-order valence-electron chi connectivity index (χ2n) is 6.59. The van der Waals surface area contributed by atoms with E-state index in [9.17, 15) is 0 Å². The molecule has 0 amide bonds. The van der Waals surface area contributed by atoms with Gasteiger partial charge < -0.3 is 10.5 Å². The molecule has 0 radical (unpaired) electrons. The van der Waals surface area contributed by atoms with E-state index in [0.29, 0.717) is 6.10 Å². The summed E-state index contributed by atoms with van der Waals surface area (Å²) >= 11 is 0.